The highest BCUT2D eigenvalue weighted by atomic mass is 19.1. The molecule has 0 saturated heterocycles. The van der Waals surface area contributed by atoms with Crippen LogP contribution in [0.15, 0.2) is 24.8 Å². The molecule has 0 N–H and O–H groups in total. The summed E-state index contributed by atoms with van der Waals surface area (Å²) in [7, 11) is 0. The minimum Gasteiger partial charge on any atom is -0.206 e. The predicted molar refractivity (Wildman–Crippen MR) is 35.3 cm³/mol. The summed E-state index contributed by atoms with van der Waals surface area (Å²) in [5, 5.41) is 0. The fraction of sp³-hybridized carbons (Fsp3) is 0. The van der Waals surface area contributed by atoms with Crippen molar-refractivity contribution in [2.24, 2.45) is 0 Å². The van der Waals surface area contributed by atoms with E-state index in [-0.39, 0.29) is 5.82 Å². The number of halogens is 1. The summed E-state index contributed by atoms with van der Waals surface area (Å²) in [5.74, 6) is -0.271. The number of benzene rings is 1. The van der Waals surface area contributed by atoms with Crippen LogP contribution in [0, 0.1) is 11.9 Å². The van der Waals surface area contributed by atoms with E-state index >= 15 is 0 Å². The number of hydrogen-bond donors (Lipinski definition) is 0. The highest BCUT2D eigenvalue weighted by Gasteiger charge is 1.91. The van der Waals surface area contributed by atoms with Crippen molar-refractivity contribution >= 4 is 6.08 Å². The molecule has 1 aromatic carbocycles. The molecule has 1 radical (unpaired) electrons. The number of hydrogen-bond acceptors (Lipinski definition) is 0. The summed E-state index contributed by atoms with van der Waals surface area (Å²) < 4.78 is 12.5. The van der Waals surface area contributed by atoms with Gasteiger partial charge in [0.1, 0.15) is 5.82 Å². The second kappa shape index (κ2) is 2.44. The smallest absolute Gasteiger partial charge is 0.131 e. The van der Waals surface area contributed by atoms with Gasteiger partial charge in [0.05, 0.1) is 0 Å². The van der Waals surface area contributed by atoms with Crippen LogP contribution in [-0.2, 0) is 0 Å². The highest BCUT2D eigenvalue weighted by molar-refractivity contribution is 5.46. The van der Waals surface area contributed by atoms with Gasteiger partial charge in [-0.25, -0.2) is 4.39 Å². The summed E-state index contributed by atoms with van der Waals surface area (Å²) in [6.45, 7) is 3.44. The zero-order valence-electron chi connectivity index (χ0n) is 4.89. The normalized spacial score (nSPS) is 9.00. The molecule has 0 fully saturated rings. The van der Waals surface area contributed by atoms with Gasteiger partial charge < -0.3 is 0 Å². The molecule has 0 spiro atoms. The molecule has 0 amide bonds. The molecule has 0 aliphatic rings. The first-order valence-electron chi connectivity index (χ1n) is 2.62. The van der Waals surface area contributed by atoms with Crippen LogP contribution in [-0.4, -0.2) is 0 Å². The van der Waals surface area contributed by atoms with Crippen LogP contribution in [0.25, 0.3) is 6.08 Å². The molecule has 0 unspecified atom stereocenters. The van der Waals surface area contributed by atoms with Gasteiger partial charge in [-0.05, 0) is 12.1 Å². The first kappa shape index (κ1) is 6.02. The maximum absolute atomic E-state index is 12.5. The van der Waals surface area contributed by atoms with Crippen molar-refractivity contribution in [1.82, 2.24) is 0 Å². The lowest BCUT2D eigenvalue weighted by Crippen LogP contribution is -1.77. The summed E-state index contributed by atoms with van der Waals surface area (Å²) in [6, 6.07) is 7.18. The van der Waals surface area contributed by atoms with Crippen LogP contribution in [0.1, 0.15) is 5.56 Å². The van der Waals surface area contributed by atoms with Crippen LogP contribution in [0.2, 0.25) is 0 Å². The summed E-state index contributed by atoms with van der Waals surface area (Å²) in [5.41, 5.74) is 0.522. The molecule has 0 aliphatic carbocycles. The third-order valence-corrected chi connectivity index (χ3v) is 1.06. The van der Waals surface area contributed by atoms with Crippen molar-refractivity contribution in [3.8, 4) is 0 Å². The average molecular weight is 121 g/mol. The van der Waals surface area contributed by atoms with Gasteiger partial charge >= 0.3 is 0 Å². The van der Waals surface area contributed by atoms with Gasteiger partial charge in [-0.3, -0.25) is 0 Å². The molecule has 0 nitrogen and oxygen atoms in total. The molecular weight excluding hydrogens is 115 g/mol. The molecule has 0 atom stereocenters. The Morgan fingerprint density at radius 1 is 1.67 bits per heavy atom. The summed E-state index contributed by atoms with van der Waals surface area (Å²) in [4.78, 5) is 0. The summed E-state index contributed by atoms with van der Waals surface area (Å²) >= 11 is 0. The van der Waals surface area contributed by atoms with E-state index < -0.39 is 0 Å². The molecule has 0 saturated carbocycles. The van der Waals surface area contributed by atoms with Crippen molar-refractivity contribution in [2.75, 3.05) is 0 Å². The molecule has 0 bridgehead atoms. The van der Waals surface area contributed by atoms with Crippen molar-refractivity contribution in [3.63, 3.8) is 0 Å². The van der Waals surface area contributed by atoms with Gasteiger partial charge in [-0.2, -0.15) is 0 Å². The first-order valence-corrected chi connectivity index (χ1v) is 2.62. The van der Waals surface area contributed by atoms with E-state index in [0.717, 1.165) is 0 Å². The fourth-order valence-electron chi connectivity index (χ4n) is 0.588. The number of rotatable bonds is 1. The zero-order chi connectivity index (χ0) is 6.69. The Balaban J connectivity index is 3.15. The molecule has 0 heterocycles. The molecule has 0 aromatic heterocycles. The van der Waals surface area contributed by atoms with E-state index in [1.54, 1.807) is 12.1 Å². The van der Waals surface area contributed by atoms with E-state index in [2.05, 4.69) is 12.6 Å². The molecule has 1 rings (SSSR count). The van der Waals surface area contributed by atoms with Crippen molar-refractivity contribution in [2.45, 2.75) is 0 Å². The van der Waals surface area contributed by atoms with Crippen LogP contribution < -0.4 is 0 Å². The Kier molecular flexibility index (Phi) is 1.63. The monoisotopic (exact) mass is 121 g/mol. The Labute approximate surface area is 53.6 Å². The van der Waals surface area contributed by atoms with Gasteiger partial charge in [-0.15, -0.1) is 0 Å². The molecular formula is C8H6F. The van der Waals surface area contributed by atoms with Gasteiger partial charge in [0, 0.05) is 5.56 Å². The van der Waals surface area contributed by atoms with Gasteiger partial charge in [0.25, 0.3) is 0 Å². The van der Waals surface area contributed by atoms with E-state index in [1.165, 1.54) is 12.1 Å². The van der Waals surface area contributed by atoms with Crippen molar-refractivity contribution in [1.29, 1.82) is 0 Å². The second-order valence-corrected chi connectivity index (χ2v) is 1.65. The Morgan fingerprint density at radius 2 is 2.44 bits per heavy atom. The lowest BCUT2D eigenvalue weighted by atomic mass is 10.2. The molecule has 1 heteroatoms. The summed E-state index contributed by atoms with van der Waals surface area (Å²) in [6.07, 6.45) is 1.48. The molecule has 0 aliphatic heterocycles. The maximum atomic E-state index is 12.5. The van der Waals surface area contributed by atoms with Crippen LogP contribution in [0.4, 0.5) is 4.39 Å². The van der Waals surface area contributed by atoms with Gasteiger partial charge in [0.2, 0.25) is 0 Å². The average Bonchev–Trinajstić information content (AvgIpc) is 1.89. The van der Waals surface area contributed by atoms with Crippen LogP contribution >= 0.6 is 0 Å². The van der Waals surface area contributed by atoms with Crippen molar-refractivity contribution in [3.05, 3.63) is 42.2 Å². The quantitative estimate of drug-likeness (QED) is 0.534. The van der Waals surface area contributed by atoms with Crippen LogP contribution in [0.5, 0.6) is 0 Å². The van der Waals surface area contributed by atoms with E-state index in [4.69, 9.17) is 0 Å². The maximum Gasteiger partial charge on any atom is 0.131 e. The largest absolute Gasteiger partial charge is 0.206 e. The molecule has 9 heavy (non-hydrogen) atoms. The fourth-order valence-corrected chi connectivity index (χ4v) is 0.588. The minimum absolute atomic E-state index is 0.271. The topological polar surface area (TPSA) is 0 Å². The van der Waals surface area contributed by atoms with E-state index in [1.807, 2.05) is 0 Å². The van der Waals surface area contributed by atoms with E-state index in [9.17, 15) is 4.39 Å². The Bertz CT molecular complexity index is 216. The van der Waals surface area contributed by atoms with Gasteiger partial charge in [0.15, 0.2) is 0 Å². The predicted octanol–water partition coefficient (Wildman–Crippen LogP) is 2.27. The van der Waals surface area contributed by atoms with E-state index in [0.29, 0.717) is 5.56 Å². The first-order chi connectivity index (χ1) is 4.34. The SMILES string of the molecule is C=Cc1cc[c]cc1F. The Morgan fingerprint density at radius 3 is 2.89 bits per heavy atom. The third kappa shape index (κ3) is 1.17. The molecule has 1 aromatic rings. The van der Waals surface area contributed by atoms with Gasteiger partial charge in [-0.1, -0.05) is 24.8 Å². The zero-order valence-corrected chi connectivity index (χ0v) is 4.89. The second-order valence-electron chi connectivity index (χ2n) is 1.65. The lowest BCUT2D eigenvalue weighted by Gasteiger charge is -1.90. The lowest BCUT2D eigenvalue weighted by molar-refractivity contribution is 0.625. The minimum atomic E-state index is -0.271. The third-order valence-electron chi connectivity index (χ3n) is 1.06. The Hall–Kier alpha value is -1.11. The van der Waals surface area contributed by atoms with Crippen LogP contribution in [0.3, 0.4) is 0 Å². The highest BCUT2D eigenvalue weighted by Crippen LogP contribution is 2.05. The van der Waals surface area contributed by atoms with Crippen molar-refractivity contribution < 1.29 is 4.39 Å². The molecule has 45 valence electrons. The standard InChI is InChI=1S/C8H6F/c1-2-7-5-3-4-6-8(7)9/h2-3,5-6H,1H2.